The van der Waals surface area contributed by atoms with E-state index in [1.54, 1.807) is 7.11 Å². The highest BCUT2D eigenvalue weighted by atomic mass is 16.5. The van der Waals surface area contributed by atoms with Crippen molar-refractivity contribution in [3.63, 3.8) is 0 Å². The molecule has 2 rings (SSSR count). The van der Waals surface area contributed by atoms with Crippen molar-refractivity contribution in [1.29, 1.82) is 0 Å². The van der Waals surface area contributed by atoms with Crippen LogP contribution in [-0.4, -0.2) is 23.8 Å². The van der Waals surface area contributed by atoms with Crippen LogP contribution in [0.2, 0.25) is 0 Å². The van der Waals surface area contributed by atoms with Crippen molar-refractivity contribution in [3.05, 3.63) is 35.4 Å². The lowest BCUT2D eigenvalue weighted by Gasteiger charge is -2.38. The van der Waals surface area contributed by atoms with Crippen LogP contribution >= 0.6 is 0 Å². The van der Waals surface area contributed by atoms with Crippen LogP contribution in [0.25, 0.3) is 0 Å². The summed E-state index contributed by atoms with van der Waals surface area (Å²) in [4.78, 5) is 11.5. The van der Waals surface area contributed by atoms with Crippen molar-refractivity contribution in [2.45, 2.75) is 57.0 Å². The third-order valence-electron chi connectivity index (χ3n) is 4.69. The van der Waals surface area contributed by atoms with Crippen LogP contribution in [0.5, 0.6) is 0 Å². The molecular formula is C17H24O3. The van der Waals surface area contributed by atoms with E-state index in [4.69, 9.17) is 4.74 Å². The topological polar surface area (TPSA) is 46.5 Å². The molecule has 0 heterocycles. The van der Waals surface area contributed by atoms with Gasteiger partial charge in [-0.1, -0.05) is 30.7 Å². The maximum Gasteiger partial charge on any atom is 0.314 e. The Bertz CT molecular complexity index is 470. The van der Waals surface area contributed by atoms with E-state index in [0.29, 0.717) is 0 Å². The Morgan fingerprint density at radius 1 is 1.30 bits per heavy atom. The number of ether oxygens (including phenoxy) is 1. The molecule has 110 valence electrons. The molecule has 0 aromatic heterocycles. The summed E-state index contributed by atoms with van der Waals surface area (Å²) < 4.78 is 5.42. The Morgan fingerprint density at radius 3 is 2.30 bits per heavy atom. The Labute approximate surface area is 121 Å². The second-order valence-electron chi connectivity index (χ2n) is 6.40. The van der Waals surface area contributed by atoms with Crippen LogP contribution in [0.4, 0.5) is 0 Å². The number of aliphatic carboxylic acids is 1. The van der Waals surface area contributed by atoms with Crippen molar-refractivity contribution >= 4 is 5.97 Å². The number of hydrogen-bond acceptors (Lipinski definition) is 2. The van der Waals surface area contributed by atoms with Gasteiger partial charge in [-0.15, -0.1) is 0 Å². The molecule has 0 radical (unpaired) electrons. The highest BCUT2D eigenvalue weighted by molar-refractivity contribution is 5.82. The van der Waals surface area contributed by atoms with E-state index in [9.17, 15) is 9.90 Å². The molecule has 1 aromatic rings. The fourth-order valence-corrected chi connectivity index (χ4v) is 2.69. The molecule has 0 aliphatic heterocycles. The molecule has 1 saturated carbocycles. The van der Waals surface area contributed by atoms with Gasteiger partial charge in [-0.2, -0.15) is 0 Å². The number of carboxylic acid groups (broad SMARTS) is 1. The molecular weight excluding hydrogens is 252 g/mol. The predicted molar refractivity (Wildman–Crippen MR) is 79.0 cm³/mol. The zero-order valence-corrected chi connectivity index (χ0v) is 12.6. The summed E-state index contributed by atoms with van der Waals surface area (Å²) in [5.74, 6) is -0.683. The maximum atomic E-state index is 11.5. The van der Waals surface area contributed by atoms with Gasteiger partial charge in [0.05, 0.1) is 11.0 Å². The molecule has 0 spiro atoms. The number of carboxylic acids is 1. The standard InChI is InChI=1S/C17H24O3/c1-16(2,20-3)12-9-13-5-7-14(8-6-13)17(15(18)19)10-4-11-17/h5-8H,4,9-12H2,1-3H3,(H,18,19). The minimum atomic E-state index is -0.683. The van der Waals surface area contributed by atoms with E-state index in [1.165, 1.54) is 5.56 Å². The molecule has 1 aliphatic rings. The molecule has 3 nitrogen and oxygen atoms in total. The van der Waals surface area contributed by atoms with Crippen molar-refractivity contribution in [2.24, 2.45) is 0 Å². The van der Waals surface area contributed by atoms with Gasteiger partial charge in [-0.05, 0) is 50.7 Å². The molecule has 0 atom stereocenters. The second-order valence-corrected chi connectivity index (χ2v) is 6.40. The van der Waals surface area contributed by atoms with E-state index < -0.39 is 11.4 Å². The molecule has 0 saturated heterocycles. The fourth-order valence-electron chi connectivity index (χ4n) is 2.69. The minimum absolute atomic E-state index is 0.116. The monoisotopic (exact) mass is 276 g/mol. The van der Waals surface area contributed by atoms with Crippen LogP contribution < -0.4 is 0 Å². The summed E-state index contributed by atoms with van der Waals surface area (Å²) in [6.45, 7) is 4.16. The molecule has 1 N–H and O–H groups in total. The smallest absolute Gasteiger partial charge is 0.314 e. The SMILES string of the molecule is COC(C)(C)CCc1ccc(C2(C(=O)O)CCC2)cc1. The van der Waals surface area contributed by atoms with E-state index in [-0.39, 0.29) is 5.60 Å². The van der Waals surface area contributed by atoms with Crippen LogP contribution in [0.15, 0.2) is 24.3 Å². The fraction of sp³-hybridized carbons (Fsp3) is 0.588. The molecule has 20 heavy (non-hydrogen) atoms. The van der Waals surface area contributed by atoms with Crippen LogP contribution in [0, 0.1) is 0 Å². The molecule has 0 amide bonds. The number of benzene rings is 1. The van der Waals surface area contributed by atoms with Gasteiger partial charge in [0.25, 0.3) is 0 Å². The summed E-state index contributed by atoms with van der Waals surface area (Å²) in [6.07, 6.45) is 4.43. The largest absolute Gasteiger partial charge is 0.481 e. The lowest BCUT2D eigenvalue weighted by atomic mass is 9.64. The number of methoxy groups -OCH3 is 1. The van der Waals surface area contributed by atoms with Gasteiger partial charge in [0, 0.05) is 7.11 Å². The summed E-state index contributed by atoms with van der Waals surface area (Å²) >= 11 is 0. The third kappa shape index (κ3) is 2.88. The van der Waals surface area contributed by atoms with Crippen molar-refractivity contribution < 1.29 is 14.6 Å². The molecule has 1 aromatic carbocycles. The van der Waals surface area contributed by atoms with Gasteiger partial charge in [0.15, 0.2) is 0 Å². The van der Waals surface area contributed by atoms with Gasteiger partial charge < -0.3 is 9.84 Å². The average Bonchev–Trinajstić information content (AvgIpc) is 2.36. The maximum absolute atomic E-state index is 11.5. The van der Waals surface area contributed by atoms with Crippen LogP contribution in [0.1, 0.15) is 50.7 Å². The molecule has 0 unspecified atom stereocenters. The van der Waals surface area contributed by atoms with E-state index in [0.717, 1.165) is 37.7 Å². The molecule has 1 fully saturated rings. The first-order chi connectivity index (χ1) is 9.39. The first-order valence-corrected chi connectivity index (χ1v) is 7.28. The van der Waals surface area contributed by atoms with Gasteiger partial charge in [-0.25, -0.2) is 0 Å². The predicted octanol–water partition coefficient (Wildman–Crippen LogP) is 3.55. The first-order valence-electron chi connectivity index (χ1n) is 7.28. The number of hydrogen-bond donors (Lipinski definition) is 1. The molecule has 3 heteroatoms. The Hall–Kier alpha value is -1.35. The minimum Gasteiger partial charge on any atom is -0.481 e. The van der Waals surface area contributed by atoms with E-state index >= 15 is 0 Å². The van der Waals surface area contributed by atoms with Crippen molar-refractivity contribution in [1.82, 2.24) is 0 Å². The Kier molecular flexibility index (Phi) is 4.19. The quantitative estimate of drug-likeness (QED) is 0.864. The second kappa shape index (κ2) is 5.57. The highest BCUT2D eigenvalue weighted by Gasteiger charge is 2.45. The Balaban J connectivity index is 2.05. The number of aryl methyl sites for hydroxylation is 1. The Morgan fingerprint density at radius 2 is 1.90 bits per heavy atom. The summed E-state index contributed by atoms with van der Waals surface area (Å²) in [5.41, 5.74) is 1.45. The normalized spacial score (nSPS) is 17.6. The number of rotatable bonds is 6. The van der Waals surface area contributed by atoms with Gasteiger partial charge >= 0.3 is 5.97 Å². The van der Waals surface area contributed by atoms with Gasteiger partial charge in [-0.3, -0.25) is 4.79 Å². The summed E-state index contributed by atoms with van der Waals surface area (Å²) in [7, 11) is 1.73. The number of carbonyl (C=O) groups is 1. The van der Waals surface area contributed by atoms with Gasteiger partial charge in [0.2, 0.25) is 0 Å². The lowest BCUT2D eigenvalue weighted by molar-refractivity contribution is -0.147. The first kappa shape index (κ1) is 15.0. The third-order valence-corrected chi connectivity index (χ3v) is 4.69. The molecule has 1 aliphatic carbocycles. The zero-order chi connectivity index (χ0) is 14.8. The van der Waals surface area contributed by atoms with Gasteiger partial charge in [0.1, 0.15) is 0 Å². The van der Waals surface area contributed by atoms with Crippen molar-refractivity contribution in [2.75, 3.05) is 7.11 Å². The zero-order valence-electron chi connectivity index (χ0n) is 12.6. The van der Waals surface area contributed by atoms with E-state index in [2.05, 4.69) is 26.0 Å². The lowest BCUT2D eigenvalue weighted by Crippen LogP contribution is -2.42. The van der Waals surface area contributed by atoms with E-state index in [1.807, 2.05) is 12.1 Å². The summed E-state index contributed by atoms with van der Waals surface area (Å²) in [5, 5.41) is 9.43. The average molecular weight is 276 g/mol. The van der Waals surface area contributed by atoms with Crippen molar-refractivity contribution in [3.8, 4) is 0 Å². The highest BCUT2D eigenvalue weighted by Crippen LogP contribution is 2.44. The summed E-state index contributed by atoms with van der Waals surface area (Å²) in [6, 6.07) is 8.10. The molecule has 0 bridgehead atoms. The van der Waals surface area contributed by atoms with Crippen LogP contribution in [-0.2, 0) is 21.4 Å². The van der Waals surface area contributed by atoms with Crippen LogP contribution in [0.3, 0.4) is 0 Å².